The van der Waals surface area contributed by atoms with Gasteiger partial charge in [0, 0.05) is 28.4 Å². The Kier molecular flexibility index (Phi) is 4.73. The molecular formula is C18H12ClF3N2O2. The summed E-state index contributed by atoms with van der Waals surface area (Å²) in [5, 5.41) is 3.36. The van der Waals surface area contributed by atoms with Crippen LogP contribution in [0.15, 0.2) is 59.5 Å². The topological polar surface area (TPSA) is 51.1 Å². The summed E-state index contributed by atoms with van der Waals surface area (Å²) in [6.45, 7) is -0.127. The van der Waals surface area contributed by atoms with Crippen LogP contribution in [0.2, 0.25) is 5.02 Å². The predicted octanol–water partition coefficient (Wildman–Crippen LogP) is 4.31. The number of nitrogens with zero attached hydrogens (tertiary/aromatic N) is 1. The van der Waals surface area contributed by atoms with Crippen LogP contribution in [0.25, 0.3) is 10.9 Å². The number of alkyl halides is 3. The highest BCUT2D eigenvalue weighted by Gasteiger charge is 2.29. The lowest BCUT2D eigenvalue weighted by Crippen LogP contribution is -2.20. The highest BCUT2D eigenvalue weighted by molar-refractivity contribution is 6.31. The third-order valence-corrected chi connectivity index (χ3v) is 3.99. The van der Waals surface area contributed by atoms with Crippen molar-refractivity contribution in [1.29, 1.82) is 0 Å². The van der Waals surface area contributed by atoms with E-state index in [4.69, 9.17) is 11.6 Å². The number of anilines is 1. The Bertz CT molecular complexity index is 1030. The van der Waals surface area contributed by atoms with Crippen LogP contribution >= 0.6 is 11.6 Å². The molecule has 1 heterocycles. The first-order valence-corrected chi connectivity index (χ1v) is 7.88. The van der Waals surface area contributed by atoms with Gasteiger partial charge in [0.2, 0.25) is 5.91 Å². The summed E-state index contributed by atoms with van der Waals surface area (Å²) in [5.41, 5.74) is -0.258. The molecule has 0 unspecified atom stereocenters. The van der Waals surface area contributed by atoms with E-state index < -0.39 is 17.6 Å². The summed E-state index contributed by atoms with van der Waals surface area (Å²) in [4.78, 5) is 24.1. The summed E-state index contributed by atoms with van der Waals surface area (Å²) in [5.74, 6) is -0.449. The van der Waals surface area contributed by atoms with Gasteiger partial charge in [-0.3, -0.25) is 9.59 Å². The van der Waals surface area contributed by atoms with Crippen molar-refractivity contribution in [2.24, 2.45) is 0 Å². The standard InChI is InChI=1S/C18H12ClF3N2O2/c19-12-3-6-14-15(9-12)24(8-7-16(14)25)10-17(26)23-13-4-1-11(2-5-13)18(20,21)22/h1-9H,10H2,(H,23,26). The number of carbonyl (C=O) groups is 1. The molecule has 0 aliphatic rings. The Morgan fingerprint density at radius 1 is 1.08 bits per heavy atom. The number of hydrogen-bond acceptors (Lipinski definition) is 2. The minimum absolute atomic E-state index is 0.127. The molecule has 2 aromatic carbocycles. The Morgan fingerprint density at radius 2 is 1.77 bits per heavy atom. The van der Waals surface area contributed by atoms with Gasteiger partial charge in [0.05, 0.1) is 11.1 Å². The molecule has 1 amide bonds. The average Bonchev–Trinajstić information content (AvgIpc) is 2.57. The quantitative estimate of drug-likeness (QED) is 0.736. The fourth-order valence-electron chi connectivity index (χ4n) is 2.51. The highest BCUT2D eigenvalue weighted by Crippen LogP contribution is 2.29. The molecule has 26 heavy (non-hydrogen) atoms. The zero-order valence-electron chi connectivity index (χ0n) is 13.2. The van der Waals surface area contributed by atoms with Crippen LogP contribution in [0.5, 0.6) is 0 Å². The monoisotopic (exact) mass is 380 g/mol. The molecule has 0 fully saturated rings. The van der Waals surface area contributed by atoms with E-state index in [-0.39, 0.29) is 17.7 Å². The van der Waals surface area contributed by atoms with Crippen LogP contribution in [0.4, 0.5) is 18.9 Å². The number of pyridine rings is 1. The van der Waals surface area contributed by atoms with Crippen molar-refractivity contribution in [3.05, 3.63) is 75.5 Å². The van der Waals surface area contributed by atoms with Crippen molar-refractivity contribution >= 4 is 34.1 Å². The van der Waals surface area contributed by atoms with E-state index in [1.165, 1.54) is 24.4 Å². The molecule has 1 N–H and O–H groups in total. The predicted molar refractivity (Wildman–Crippen MR) is 93.3 cm³/mol. The largest absolute Gasteiger partial charge is 0.416 e. The number of amides is 1. The molecule has 0 radical (unpaired) electrons. The summed E-state index contributed by atoms with van der Waals surface area (Å²) >= 11 is 5.95. The van der Waals surface area contributed by atoms with Crippen molar-refractivity contribution in [3.8, 4) is 0 Å². The first kappa shape index (κ1) is 18.0. The normalized spacial score (nSPS) is 11.5. The molecule has 3 rings (SSSR count). The van der Waals surface area contributed by atoms with Crippen LogP contribution in [0.3, 0.4) is 0 Å². The SMILES string of the molecule is O=C(Cn1ccc(=O)c2ccc(Cl)cc21)Nc1ccc(C(F)(F)F)cc1. The van der Waals surface area contributed by atoms with E-state index in [1.807, 2.05) is 0 Å². The van der Waals surface area contributed by atoms with Crippen molar-refractivity contribution < 1.29 is 18.0 Å². The average molecular weight is 381 g/mol. The number of benzene rings is 2. The molecule has 0 saturated carbocycles. The Hall–Kier alpha value is -2.80. The van der Waals surface area contributed by atoms with Crippen molar-refractivity contribution in [1.82, 2.24) is 4.57 Å². The molecule has 0 aliphatic carbocycles. The second-order valence-corrected chi connectivity index (χ2v) is 6.03. The first-order valence-electron chi connectivity index (χ1n) is 7.50. The summed E-state index contributed by atoms with van der Waals surface area (Å²) < 4.78 is 39.2. The second-order valence-electron chi connectivity index (χ2n) is 5.59. The van der Waals surface area contributed by atoms with Gasteiger partial charge >= 0.3 is 6.18 Å². The molecule has 0 aliphatic heterocycles. The zero-order valence-corrected chi connectivity index (χ0v) is 13.9. The maximum absolute atomic E-state index is 12.6. The van der Waals surface area contributed by atoms with Gasteiger partial charge in [-0.1, -0.05) is 11.6 Å². The minimum Gasteiger partial charge on any atom is -0.338 e. The first-order chi connectivity index (χ1) is 12.2. The number of nitrogens with one attached hydrogen (secondary N) is 1. The highest BCUT2D eigenvalue weighted by atomic mass is 35.5. The fourth-order valence-corrected chi connectivity index (χ4v) is 2.68. The summed E-state index contributed by atoms with van der Waals surface area (Å²) in [7, 11) is 0. The van der Waals surface area contributed by atoms with E-state index in [1.54, 1.807) is 22.8 Å². The maximum atomic E-state index is 12.6. The van der Waals surface area contributed by atoms with Crippen molar-refractivity contribution in [2.45, 2.75) is 12.7 Å². The molecule has 1 aromatic heterocycles. The van der Waals surface area contributed by atoms with Gasteiger partial charge < -0.3 is 9.88 Å². The van der Waals surface area contributed by atoms with Crippen LogP contribution < -0.4 is 10.7 Å². The molecule has 134 valence electrons. The molecule has 4 nitrogen and oxygen atoms in total. The summed E-state index contributed by atoms with van der Waals surface area (Å²) in [6, 6.07) is 10.2. The molecule has 0 saturated heterocycles. The van der Waals surface area contributed by atoms with Gasteiger partial charge in [0.1, 0.15) is 6.54 Å². The lowest BCUT2D eigenvalue weighted by Gasteiger charge is -2.12. The third kappa shape index (κ3) is 3.88. The van der Waals surface area contributed by atoms with E-state index in [0.717, 1.165) is 12.1 Å². The molecule has 0 bridgehead atoms. The van der Waals surface area contributed by atoms with E-state index in [0.29, 0.717) is 15.9 Å². The van der Waals surface area contributed by atoms with Gasteiger partial charge in [0.25, 0.3) is 0 Å². The molecule has 3 aromatic rings. The Balaban J connectivity index is 1.80. The van der Waals surface area contributed by atoms with Crippen LogP contribution in [-0.4, -0.2) is 10.5 Å². The number of rotatable bonds is 3. The van der Waals surface area contributed by atoms with E-state index >= 15 is 0 Å². The Morgan fingerprint density at radius 3 is 2.42 bits per heavy atom. The zero-order chi connectivity index (χ0) is 18.9. The number of carbonyl (C=O) groups excluding carboxylic acids is 1. The van der Waals surface area contributed by atoms with Gasteiger partial charge in [-0.25, -0.2) is 0 Å². The van der Waals surface area contributed by atoms with Gasteiger partial charge in [0.15, 0.2) is 5.43 Å². The number of aromatic nitrogens is 1. The Labute approximate surface area is 150 Å². The molecule has 8 heteroatoms. The lowest BCUT2D eigenvalue weighted by atomic mass is 10.2. The number of halogens is 4. The molecule has 0 spiro atoms. The third-order valence-electron chi connectivity index (χ3n) is 3.75. The summed E-state index contributed by atoms with van der Waals surface area (Å²) in [6.07, 6.45) is -2.97. The number of hydrogen-bond donors (Lipinski definition) is 1. The van der Waals surface area contributed by atoms with E-state index in [9.17, 15) is 22.8 Å². The second kappa shape index (κ2) is 6.84. The van der Waals surface area contributed by atoms with Gasteiger partial charge in [-0.15, -0.1) is 0 Å². The van der Waals surface area contributed by atoms with E-state index in [2.05, 4.69) is 5.32 Å². The minimum atomic E-state index is -4.43. The van der Waals surface area contributed by atoms with Crippen LogP contribution in [0.1, 0.15) is 5.56 Å². The fraction of sp³-hybridized carbons (Fsp3) is 0.111. The van der Waals surface area contributed by atoms with Crippen LogP contribution in [0, 0.1) is 0 Å². The molecule has 0 atom stereocenters. The molecular weight excluding hydrogens is 369 g/mol. The lowest BCUT2D eigenvalue weighted by molar-refractivity contribution is -0.137. The van der Waals surface area contributed by atoms with Gasteiger partial charge in [-0.2, -0.15) is 13.2 Å². The maximum Gasteiger partial charge on any atom is 0.416 e. The van der Waals surface area contributed by atoms with Crippen molar-refractivity contribution in [3.63, 3.8) is 0 Å². The van der Waals surface area contributed by atoms with Crippen molar-refractivity contribution in [2.75, 3.05) is 5.32 Å². The number of fused-ring (bicyclic) bond motifs is 1. The van der Waals surface area contributed by atoms with Gasteiger partial charge in [-0.05, 0) is 42.5 Å². The smallest absolute Gasteiger partial charge is 0.338 e. The van der Waals surface area contributed by atoms with Crippen LogP contribution in [-0.2, 0) is 17.5 Å².